The SMILES string of the molecule is [Re][P]([Re])[Re]. The summed E-state index contributed by atoms with van der Waals surface area (Å²) in [5.74, 6) is 0. The number of rotatable bonds is 0. The fraction of sp³-hybridized carbons (Fsp3) is 0. The Morgan fingerprint density at radius 1 is 1.00 bits per heavy atom. The zero-order chi connectivity index (χ0) is 3.58. The summed E-state index contributed by atoms with van der Waals surface area (Å²) < 4.78 is 0.546. The first-order chi connectivity index (χ1) is 1.73. The standard InChI is InChI=1S/P.3Re. The summed E-state index contributed by atoms with van der Waals surface area (Å²) in [6.45, 7) is 0. The van der Waals surface area contributed by atoms with E-state index in [1.54, 1.807) is 0 Å². The Kier molecular flexibility index (Phi) is 5.78. The van der Waals surface area contributed by atoms with Gasteiger partial charge in [-0.2, -0.15) is 0 Å². The molecule has 0 spiro atoms. The van der Waals surface area contributed by atoms with Gasteiger partial charge in [-0.05, 0) is 0 Å². The van der Waals surface area contributed by atoms with Crippen LogP contribution in [0.1, 0.15) is 0 Å². The van der Waals surface area contributed by atoms with Crippen molar-refractivity contribution in [2.45, 2.75) is 0 Å². The Hall–Kier alpha value is 2.42. The minimum atomic E-state index is 0.546. The Labute approximate surface area is 57.9 Å². The molecular weight excluding hydrogens is 590 g/mol. The Morgan fingerprint density at radius 2 is 1.00 bits per heavy atom. The van der Waals surface area contributed by atoms with E-state index in [2.05, 4.69) is 0 Å². The van der Waals surface area contributed by atoms with Gasteiger partial charge in [0.15, 0.2) is 0 Å². The van der Waals surface area contributed by atoms with E-state index in [1.165, 1.54) is 0 Å². The normalized spacial score (nSPS) is 9.00. The molecule has 0 aliphatic carbocycles. The summed E-state index contributed by atoms with van der Waals surface area (Å²) in [5.41, 5.74) is 0. The molecule has 0 fully saturated rings. The molecule has 0 N–H and O–H groups in total. The van der Waals surface area contributed by atoms with Gasteiger partial charge < -0.3 is 0 Å². The van der Waals surface area contributed by atoms with Crippen LogP contribution < -0.4 is 0 Å². The predicted octanol–water partition coefficient (Wildman–Crippen LogP) is 0.854. The monoisotopic (exact) mass is 592 g/mol. The summed E-state index contributed by atoms with van der Waals surface area (Å²) in [6.07, 6.45) is 0. The molecule has 0 aromatic heterocycles. The van der Waals surface area contributed by atoms with Gasteiger partial charge in [0.05, 0.1) is 0 Å². The average Bonchev–Trinajstić information content (AvgIpc) is 0.811. The molecule has 0 heterocycles. The van der Waals surface area contributed by atoms with Gasteiger partial charge in [0.2, 0.25) is 0 Å². The van der Waals surface area contributed by atoms with Crippen molar-refractivity contribution in [3.05, 3.63) is 0 Å². The van der Waals surface area contributed by atoms with Crippen LogP contribution in [0.3, 0.4) is 0 Å². The van der Waals surface area contributed by atoms with Crippen molar-refractivity contribution >= 4 is 2.49 Å². The van der Waals surface area contributed by atoms with Crippen LogP contribution in [0, 0.1) is 0 Å². The topological polar surface area (TPSA) is 0 Å². The van der Waals surface area contributed by atoms with Gasteiger partial charge in [0.25, 0.3) is 0 Å². The molecule has 0 aliphatic heterocycles. The minimum absolute atomic E-state index is 0.546. The summed E-state index contributed by atoms with van der Waals surface area (Å²) in [4.78, 5) is 0. The molecule has 0 amide bonds. The van der Waals surface area contributed by atoms with E-state index >= 15 is 0 Å². The van der Waals surface area contributed by atoms with Crippen molar-refractivity contribution in [3.8, 4) is 0 Å². The second-order valence-electron chi connectivity index (χ2n) is 0.192. The van der Waals surface area contributed by atoms with Gasteiger partial charge in [-0.3, -0.25) is 0 Å². The quantitative estimate of drug-likeness (QED) is 0.368. The van der Waals surface area contributed by atoms with Crippen molar-refractivity contribution in [1.82, 2.24) is 0 Å². The molecule has 0 aromatic rings. The van der Waals surface area contributed by atoms with E-state index in [1.807, 2.05) is 56.1 Å². The van der Waals surface area contributed by atoms with Gasteiger partial charge >= 0.3 is 58.6 Å². The molecule has 0 atom stereocenters. The van der Waals surface area contributed by atoms with Crippen LogP contribution in [0.2, 0.25) is 0 Å². The van der Waals surface area contributed by atoms with E-state index in [9.17, 15) is 0 Å². The van der Waals surface area contributed by atoms with Gasteiger partial charge in [-0.25, -0.2) is 0 Å². The van der Waals surface area contributed by atoms with Crippen molar-refractivity contribution in [2.24, 2.45) is 0 Å². The van der Waals surface area contributed by atoms with Crippen molar-refractivity contribution < 1.29 is 56.1 Å². The van der Waals surface area contributed by atoms with E-state index in [0.717, 1.165) is 0 Å². The molecular formula is PRe3. The van der Waals surface area contributed by atoms with Gasteiger partial charge in [0, 0.05) is 0 Å². The number of hydrogen-bond acceptors (Lipinski definition) is 0. The summed E-state index contributed by atoms with van der Waals surface area (Å²) >= 11 is 5.86. The van der Waals surface area contributed by atoms with Crippen LogP contribution in [-0.4, -0.2) is 0 Å². The first-order valence-electron chi connectivity index (χ1n) is 0.507. The van der Waals surface area contributed by atoms with Crippen LogP contribution in [-0.2, 0) is 56.1 Å². The van der Waals surface area contributed by atoms with E-state index in [4.69, 9.17) is 0 Å². The second-order valence-corrected chi connectivity index (χ2v) is 38.5. The fourth-order valence-electron chi connectivity index (χ4n) is 0. The Balaban J connectivity index is 2.32. The molecule has 4 heavy (non-hydrogen) atoms. The number of hydrogen-bond donors (Lipinski definition) is 0. The van der Waals surface area contributed by atoms with E-state index in [-0.39, 0.29) is 0 Å². The Morgan fingerprint density at radius 3 is 1.00 bits per heavy atom. The molecule has 0 aromatic carbocycles. The van der Waals surface area contributed by atoms with Gasteiger partial charge in [0.1, 0.15) is 0 Å². The van der Waals surface area contributed by atoms with Crippen LogP contribution in [0.4, 0.5) is 0 Å². The first-order valence-corrected chi connectivity index (χ1v) is 12.5. The molecule has 0 unspecified atom stereocenters. The average molecular weight is 590 g/mol. The third kappa shape index (κ3) is 8.83. The molecule has 0 aliphatic rings. The van der Waals surface area contributed by atoms with Crippen molar-refractivity contribution in [1.29, 1.82) is 0 Å². The maximum atomic E-state index is 1.95. The molecule has 0 saturated heterocycles. The summed E-state index contributed by atoms with van der Waals surface area (Å²) in [5, 5.41) is 0. The maximum absolute atomic E-state index is 1.95. The third-order valence-electron chi connectivity index (χ3n) is 0. The van der Waals surface area contributed by atoms with Crippen molar-refractivity contribution in [2.75, 3.05) is 0 Å². The van der Waals surface area contributed by atoms with Gasteiger partial charge in [-0.15, -0.1) is 0 Å². The summed E-state index contributed by atoms with van der Waals surface area (Å²) in [7, 11) is 0. The Bertz CT molecular complexity index is 8.00. The fourth-order valence-corrected chi connectivity index (χ4v) is 0. The molecule has 4 heteroatoms. The molecule has 0 saturated carbocycles. The molecule has 0 radical (unpaired) electrons. The molecule has 0 nitrogen and oxygen atoms in total. The first kappa shape index (κ1) is 6.42. The van der Waals surface area contributed by atoms with Crippen LogP contribution in [0.15, 0.2) is 0 Å². The van der Waals surface area contributed by atoms with Gasteiger partial charge in [-0.1, -0.05) is 0 Å². The van der Waals surface area contributed by atoms with Crippen LogP contribution in [0.5, 0.6) is 0 Å². The molecule has 0 rings (SSSR count). The zero-order valence-corrected chi connectivity index (χ0v) is 10.6. The van der Waals surface area contributed by atoms with E-state index in [0.29, 0.717) is 2.49 Å². The van der Waals surface area contributed by atoms with Crippen LogP contribution >= 0.6 is 2.49 Å². The predicted molar refractivity (Wildman–Crippen MR) is 6.92 cm³/mol. The molecule has 0 bridgehead atoms. The van der Waals surface area contributed by atoms with E-state index < -0.39 is 0 Å². The third-order valence-corrected chi connectivity index (χ3v) is 0. The second kappa shape index (κ2) is 3.60. The summed E-state index contributed by atoms with van der Waals surface area (Å²) in [6, 6.07) is 0. The van der Waals surface area contributed by atoms with Crippen LogP contribution in [0.25, 0.3) is 0 Å². The van der Waals surface area contributed by atoms with Crippen molar-refractivity contribution in [3.63, 3.8) is 0 Å². The molecule has 26 valence electrons. The zero-order valence-electron chi connectivity index (χ0n) is 1.58.